The van der Waals surface area contributed by atoms with Crippen LogP contribution in [0.1, 0.15) is 37.6 Å². The molecule has 5 nitrogen and oxygen atoms in total. The van der Waals surface area contributed by atoms with Crippen molar-refractivity contribution in [2.45, 2.75) is 46.3 Å². The first-order chi connectivity index (χ1) is 13.8. The maximum absolute atomic E-state index is 12.4. The molecular formula is C24H27N3O2. The van der Waals surface area contributed by atoms with Gasteiger partial charge in [0, 0.05) is 12.7 Å². The molecule has 29 heavy (non-hydrogen) atoms. The van der Waals surface area contributed by atoms with Crippen molar-refractivity contribution in [3.05, 3.63) is 71.5 Å². The van der Waals surface area contributed by atoms with Crippen molar-refractivity contribution in [3.8, 4) is 16.8 Å². The van der Waals surface area contributed by atoms with Gasteiger partial charge >= 0.3 is 6.09 Å². The highest BCUT2D eigenvalue weighted by atomic mass is 16.6. The van der Waals surface area contributed by atoms with Gasteiger partial charge in [0.15, 0.2) is 0 Å². The van der Waals surface area contributed by atoms with Gasteiger partial charge < -0.3 is 9.64 Å². The van der Waals surface area contributed by atoms with Crippen LogP contribution >= 0.6 is 0 Å². The summed E-state index contributed by atoms with van der Waals surface area (Å²) in [4.78, 5) is 14.2. The van der Waals surface area contributed by atoms with E-state index in [4.69, 9.17) is 9.84 Å². The standard InChI is InChI=1S/C24H27N3O2/c1-17-20(18-9-6-5-7-10-18)11-8-12-22(17)27-15-19-13-14-26(16-21(19)25-27)23(28)29-24(2,3)4/h5-12,15H,13-14,16H2,1-4H3. The molecule has 150 valence electrons. The topological polar surface area (TPSA) is 47.4 Å². The molecule has 4 rings (SSSR count). The molecule has 5 heteroatoms. The summed E-state index contributed by atoms with van der Waals surface area (Å²) in [6.45, 7) is 8.92. The monoisotopic (exact) mass is 389 g/mol. The van der Waals surface area contributed by atoms with Crippen molar-refractivity contribution in [3.63, 3.8) is 0 Å². The lowest BCUT2D eigenvalue weighted by atomic mass is 9.99. The van der Waals surface area contributed by atoms with E-state index in [0.29, 0.717) is 13.1 Å². The summed E-state index contributed by atoms with van der Waals surface area (Å²) in [5.41, 5.74) is 6.27. The van der Waals surface area contributed by atoms with E-state index in [1.54, 1.807) is 4.90 Å². The molecule has 0 atom stereocenters. The number of rotatable bonds is 2. The van der Waals surface area contributed by atoms with E-state index in [-0.39, 0.29) is 6.09 Å². The molecule has 1 amide bonds. The number of nitrogens with zero attached hydrogens (tertiary/aromatic N) is 3. The predicted molar refractivity (Wildman–Crippen MR) is 114 cm³/mol. The van der Waals surface area contributed by atoms with Crippen molar-refractivity contribution in [1.29, 1.82) is 0 Å². The van der Waals surface area contributed by atoms with Gasteiger partial charge in [-0.05, 0) is 62.4 Å². The van der Waals surface area contributed by atoms with Crippen LogP contribution in [0.5, 0.6) is 0 Å². The van der Waals surface area contributed by atoms with Gasteiger partial charge in [0.25, 0.3) is 0 Å². The fourth-order valence-corrected chi connectivity index (χ4v) is 3.71. The zero-order valence-corrected chi connectivity index (χ0v) is 17.5. The molecule has 1 aliphatic rings. The second-order valence-corrected chi connectivity index (χ2v) is 8.51. The molecule has 0 saturated heterocycles. The van der Waals surface area contributed by atoms with E-state index < -0.39 is 5.60 Å². The Morgan fingerprint density at radius 2 is 1.83 bits per heavy atom. The number of hydrogen-bond acceptors (Lipinski definition) is 3. The third-order valence-corrected chi connectivity index (χ3v) is 5.16. The summed E-state index contributed by atoms with van der Waals surface area (Å²) in [6, 6.07) is 16.7. The Hall–Kier alpha value is -3.08. The molecule has 3 aromatic rings. The van der Waals surface area contributed by atoms with E-state index in [1.807, 2.05) is 31.5 Å². The normalized spacial score (nSPS) is 13.9. The number of amides is 1. The van der Waals surface area contributed by atoms with Crippen LogP contribution in [0.3, 0.4) is 0 Å². The fraction of sp³-hybridized carbons (Fsp3) is 0.333. The van der Waals surface area contributed by atoms with Crippen LogP contribution < -0.4 is 0 Å². The summed E-state index contributed by atoms with van der Waals surface area (Å²) in [6.07, 6.45) is 2.60. The lowest BCUT2D eigenvalue weighted by Gasteiger charge is -2.29. The molecule has 1 aliphatic heterocycles. The van der Waals surface area contributed by atoms with Gasteiger partial charge in [-0.15, -0.1) is 0 Å². The van der Waals surface area contributed by atoms with Gasteiger partial charge in [0.2, 0.25) is 0 Å². The van der Waals surface area contributed by atoms with Gasteiger partial charge in [-0.3, -0.25) is 0 Å². The Kier molecular flexibility index (Phi) is 4.91. The quantitative estimate of drug-likeness (QED) is 0.610. The van der Waals surface area contributed by atoms with Crippen molar-refractivity contribution in [2.24, 2.45) is 0 Å². The predicted octanol–water partition coefficient (Wildman–Crippen LogP) is 5.14. The largest absolute Gasteiger partial charge is 0.444 e. The van der Waals surface area contributed by atoms with Crippen LogP contribution in [0.25, 0.3) is 16.8 Å². The van der Waals surface area contributed by atoms with Gasteiger partial charge in [0.1, 0.15) is 5.60 Å². The van der Waals surface area contributed by atoms with Gasteiger partial charge in [-0.25, -0.2) is 9.48 Å². The third-order valence-electron chi connectivity index (χ3n) is 5.16. The number of ether oxygens (including phenoxy) is 1. The molecule has 2 aromatic carbocycles. The summed E-state index contributed by atoms with van der Waals surface area (Å²) in [7, 11) is 0. The Balaban J connectivity index is 1.61. The Morgan fingerprint density at radius 1 is 1.07 bits per heavy atom. The Bertz CT molecular complexity index is 1030. The minimum Gasteiger partial charge on any atom is -0.444 e. The van der Waals surface area contributed by atoms with Crippen molar-refractivity contribution >= 4 is 6.09 Å². The van der Waals surface area contributed by atoms with E-state index in [0.717, 1.165) is 17.8 Å². The molecule has 0 bridgehead atoms. The summed E-state index contributed by atoms with van der Waals surface area (Å²) in [5, 5.41) is 4.81. The Morgan fingerprint density at radius 3 is 2.55 bits per heavy atom. The molecule has 1 aromatic heterocycles. The molecular weight excluding hydrogens is 362 g/mol. The van der Waals surface area contributed by atoms with E-state index >= 15 is 0 Å². The average molecular weight is 389 g/mol. The molecule has 0 aliphatic carbocycles. The van der Waals surface area contributed by atoms with Gasteiger partial charge in [-0.2, -0.15) is 5.10 Å². The number of hydrogen-bond donors (Lipinski definition) is 0. The molecule has 0 fully saturated rings. The molecule has 0 N–H and O–H groups in total. The lowest BCUT2D eigenvalue weighted by molar-refractivity contribution is 0.0221. The first-order valence-electron chi connectivity index (χ1n) is 10.0. The zero-order chi connectivity index (χ0) is 20.6. The first-order valence-corrected chi connectivity index (χ1v) is 10.0. The van der Waals surface area contributed by atoms with Crippen molar-refractivity contribution in [2.75, 3.05) is 6.54 Å². The maximum atomic E-state index is 12.4. The second kappa shape index (κ2) is 7.39. The van der Waals surface area contributed by atoms with E-state index in [2.05, 4.69) is 55.6 Å². The summed E-state index contributed by atoms with van der Waals surface area (Å²) >= 11 is 0. The molecule has 0 saturated carbocycles. The highest BCUT2D eigenvalue weighted by Gasteiger charge is 2.27. The van der Waals surface area contributed by atoms with Crippen LogP contribution in [0.15, 0.2) is 54.7 Å². The first kappa shape index (κ1) is 19.2. The SMILES string of the molecule is Cc1c(-c2ccccc2)cccc1-n1cc2c(n1)CN(C(=O)OC(C)(C)C)CC2. The van der Waals surface area contributed by atoms with Crippen LogP contribution in [0.2, 0.25) is 0 Å². The highest BCUT2D eigenvalue weighted by molar-refractivity contribution is 5.71. The van der Waals surface area contributed by atoms with Crippen molar-refractivity contribution < 1.29 is 9.53 Å². The maximum Gasteiger partial charge on any atom is 0.410 e. The van der Waals surface area contributed by atoms with E-state index in [9.17, 15) is 4.79 Å². The van der Waals surface area contributed by atoms with E-state index in [1.165, 1.54) is 22.3 Å². The van der Waals surface area contributed by atoms with Gasteiger partial charge in [-0.1, -0.05) is 42.5 Å². The van der Waals surface area contributed by atoms with Crippen LogP contribution in [-0.4, -0.2) is 32.9 Å². The Labute approximate surface area is 171 Å². The number of carbonyl (C=O) groups is 1. The van der Waals surface area contributed by atoms with Crippen LogP contribution in [-0.2, 0) is 17.7 Å². The zero-order valence-electron chi connectivity index (χ0n) is 17.5. The lowest BCUT2D eigenvalue weighted by Crippen LogP contribution is -2.39. The smallest absolute Gasteiger partial charge is 0.410 e. The fourth-order valence-electron chi connectivity index (χ4n) is 3.71. The summed E-state index contributed by atoms with van der Waals surface area (Å²) in [5.74, 6) is 0. The third kappa shape index (κ3) is 4.04. The number of benzene rings is 2. The number of fused-ring (bicyclic) bond motifs is 1. The second-order valence-electron chi connectivity index (χ2n) is 8.51. The minimum atomic E-state index is -0.494. The molecule has 0 unspecified atom stereocenters. The van der Waals surface area contributed by atoms with Crippen LogP contribution in [0, 0.1) is 6.92 Å². The minimum absolute atomic E-state index is 0.278. The van der Waals surface area contributed by atoms with Crippen molar-refractivity contribution in [1.82, 2.24) is 14.7 Å². The number of carbonyl (C=O) groups excluding carboxylic acids is 1. The molecule has 0 radical (unpaired) electrons. The van der Waals surface area contributed by atoms with Gasteiger partial charge in [0.05, 0.1) is 17.9 Å². The van der Waals surface area contributed by atoms with Crippen LogP contribution in [0.4, 0.5) is 4.79 Å². The summed E-state index contributed by atoms with van der Waals surface area (Å²) < 4.78 is 7.47. The number of aromatic nitrogens is 2. The average Bonchev–Trinajstić information content (AvgIpc) is 3.10. The molecule has 0 spiro atoms. The molecule has 2 heterocycles. The highest BCUT2D eigenvalue weighted by Crippen LogP contribution is 2.29.